The van der Waals surface area contributed by atoms with Crippen molar-refractivity contribution in [3.8, 4) is 28.3 Å². The lowest BCUT2D eigenvalue weighted by molar-refractivity contribution is -0.385. The Morgan fingerprint density at radius 1 is 1.18 bits per heavy atom. The molecule has 0 saturated carbocycles. The molecule has 0 aliphatic rings. The van der Waals surface area contributed by atoms with Gasteiger partial charge in [-0.2, -0.15) is 5.10 Å². The lowest BCUT2D eigenvalue weighted by atomic mass is 10.0. The van der Waals surface area contributed by atoms with Gasteiger partial charge in [0.1, 0.15) is 12.0 Å². The molecule has 1 unspecified atom stereocenters. The molecule has 10 heteroatoms. The standard InChI is InChI=1S/C18H13IN5O3P/c1-27-16-8-14-12(7-15(16)24(25)26)18(21-10-20-14)13-9-23(28-19)22-17(13)11-5-3-2-4-6-11/h2-10,28H,1H3. The summed E-state index contributed by atoms with van der Waals surface area (Å²) in [4.78, 5) is 19.7. The molecule has 0 aliphatic heterocycles. The Kier molecular flexibility index (Phi) is 5.19. The third kappa shape index (κ3) is 3.31. The van der Waals surface area contributed by atoms with E-state index in [-0.39, 0.29) is 11.4 Å². The first-order valence-electron chi connectivity index (χ1n) is 8.11. The van der Waals surface area contributed by atoms with Gasteiger partial charge in [0, 0.05) is 34.8 Å². The molecule has 0 radical (unpaired) electrons. The van der Waals surface area contributed by atoms with Crippen LogP contribution in [0.1, 0.15) is 0 Å². The van der Waals surface area contributed by atoms with Crippen molar-refractivity contribution >= 4 is 45.0 Å². The van der Waals surface area contributed by atoms with Crippen molar-refractivity contribution in [2.75, 3.05) is 7.11 Å². The van der Waals surface area contributed by atoms with Crippen LogP contribution >= 0.6 is 28.4 Å². The molecule has 140 valence electrons. The number of fused-ring (bicyclic) bond motifs is 1. The van der Waals surface area contributed by atoms with Crippen LogP contribution in [0.15, 0.2) is 55.0 Å². The molecule has 0 saturated heterocycles. The van der Waals surface area contributed by atoms with Crippen LogP contribution in [-0.2, 0) is 0 Å². The van der Waals surface area contributed by atoms with Crippen LogP contribution in [0.4, 0.5) is 5.69 Å². The number of methoxy groups -OCH3 is 1. The molecule has 0 amide bonds. The number of rotatable bonds is 5. The average molecular weight is 505 g/mol. The van der Waals surface area contributed by atoms with E-state index in [1.54, 1.807) is 6.07 Å². The van der Waals surface area contributed by atoms with E-state index in [0.717, 1.165) is 16.8 Å². The molecule has 28 heavy (non-hydrogen) atoms. The van der Waals surface area contributed by atoms with E-state index >= 15 is 0 Å². The average Bonchev–Trinajstić information content (AvgIpc) is 3.17. The number of aromatic nitrogens is 4. The van der Waals surface area contributed by atoms with Crippen LogP contribution in [0, 0.1) is 10.1 Å². The number of nitro benzene ring substituents is 1. The second-order valence-electron chi connectivity index (χ2n) is 5.81. The van der Waals surface area contributed by atoms with E-state index in [0.29, 0.717) is 23.0 Å². The lowest BCUT2D eigenvalue weighted by Crippen LogP contribution is -1.96. The highest BCUT2D eigenvalue weighted by molar-refractivity contribution is 14.2. The largest absolute Gasteiger partial charge is 0.490 e. The summed E-state index contributed by atoms with van der Waals surface area (Å²) in [5, 5.41) is 16.7. The molecule has 0 fully saturated rings. The fourth-order valence-electron chi connectivity index (χ4n) is 2.99. The molecule has 2 aromatic heterocycles. The van der Waals surface area contributed by atoms with Crippen molar-refractivity contribution in [3.63, 3.8) is 0 Å². The predicted octanol–water partition coefficient (Wildman–Crippen LogP) is 4.87. The SMILES string of the molecule is COc1cc2ncnc(-c3cn(PI)nc3-c3ccccc3)c2cc1[N+](=O)[O-]. The normalized spacial score (nSPS) is 11.4. The van der Waals surface area contributed by atoms with Gasteiger partial charge in [0.05, 0.1) is 29.6 Å². The van der Waals surface area contributed by atoms with Crippen molar-refractivity contribution < 1.29 is 9.66 Å². The van der Waals surface area contributed by atoms with Crippen LogP contribution in [0.25, 0.3) is 33.4 Å². The van der Waals surface area contributed by atoms with Gasteiger partial charge in [0.2, 0.25) is 0 Å². The van der Waals surface area contributed by atoms with E-state index in [1.165, 1.54) is 19.5 Å². The number of nitro groups is 1. The number of hydrogen-bond donors (Lipinski definition) is 0. The first-order valence-corrected chi connectivity index (χ1v) is 12.2. The maximum atomic E-state index is 11.5. The number of benzene rings is 2. The van der Waals surface area contributed by atoms with Gasteiger partial charge >= 0.3 is 5.69 Å². The molecular weight excluding hydrogens is 492 g/mol. The first kappa shape index (κ1) is 18.7. The Labute approximate surface area is 174 Å². The maximum Gasteiger partial charge on any atom is 0.311 e. The highest BCUT2D eigenvalue weighted by Crippen LogP contribution is 2.39. The van der Waals surface area contributed by atoms with Crippen molar-refractivity contribution in [2.24, 2.45) is 0 Å². The zero-order chi connectivity index (χ0) is 19.7. The highest BCUT2D eigenvalue weighted by Gasteiger charge is 2.22. The van der Waals surface area contributed by atoms with Gasteiger partial charge in [0.15, 0.2) is 5.75 Å². The van der Waals surface area contributed by atoms with Gasteiger partial charge in [-0.3, -0.25) is 10.1 Å². The third-order valence-corrected chi connectivity index (χ3v) is 6.12. The molecule has 0 aliphatic carbocycles. The summed E-state index contributed by atoms with van der Waals surface area (Å²) < 4.78 is 6.99. The van der Waals surface area contributed by atoms with E-state index in [1.807, 2.05) is 41.0 Å². The second-order valence-corrected chi connectivity index (χ2v) is 7.88. The van der Waals surface area contributed by atoms with Crippen molar-refractivity contribution in [1.82, 2.24) is 19.5 Å². The van der Waals surface area contributed by atoms with Gasteiger partial charge in [-0.05, 0) is 22.0 Å². The highest BCUT2D eigenvalue weighted by atomic mass is 127. The van der Waals surface area contributed by atoms with E-state index < -0.39 is 4.92 Å². The van der Waals surface area contributed by atoms with E-state index in [2.05, 4.69) is 37.1 Å². The van der Waals surface area contributed by atoms with E-state index in [9.17, 15) is 10.1 Å². The van der Waals surface area contributed by atoms with Gasteiger partial charge in [-0.1, -0.05) is 30.3 Å². The molecule has 0 N–H and O–H groups in total. The summed E-state index contributed by atoms with van der Waals surface area (Å²) in [5.74, 6) is 0.162. The second kappa shape index (κ2) is 7.76. The monoisotopic (exact) mass is 505 g/mol. The summed E-state index contributed by atoms with van der Waals surface area (Å²) in [6, 6.07) is 12.8. The maximum absolute atomic E-state index is 11.5. The molecular formula is C18H13IN5O3P. The van der Waals surface area contributed by atoms with Crippen LogP contribution in [-0.4, -0.2) is 31.6 Å². The van der Waals surface area contributed by atoms with Crippen LogP contribution < -0.4 is 4.74 Å². The molecule has 2 aromatic carbocycles. The zero-order valence-corrected chi connectivity index (χ0v) is 17.7. The predicted molar refractivity (Wildman–Crippen MR) is 117 cm³/mol. The molecule has 1 atom stereocenters. The number of nitrogens with zero attached hydrogens (tertiary/aromatic N) is 5. The molecule has 0 bridgehead atoms. The minimum Gasteiger partial charge on any atom is -0.490 e. The minimum atomic E-state index is -0.469. The quantitative estimate of drug-likeness (QED) is 0.166. The molecule has 4 aromatic rings. The van der Waals surface area contributed by atoms with E-state index in [4.69, 9.17) is 4.74 Å². The molecule has 0 spiro atoms. The summed E-state index contributed by atoms with van der Waals surface area (Å²) in [6.45, 7) is 0. The summed E-state index contributed by atoms with van der Waals surface area (Å²) in [7, 11) is 1.40. The lowest BCUT2D eigenvalue weighted by Gasteiger charge is -2.08. The summed E-state index contributed by atoms with van der Waals surface area (Å²) in [5.41, 5.74) is 3.54. The first-order chi connectivity index (χ1) is 13.6. The minimum absolute atomic E-state index is 0.129. The van der Waals surface area contributed by atoms with Crippen LogP contribution in [0.2, 0.25) is 0 Å². The molecule has 4 rings (SSSR count). The van der Waals surface area contributed by atoms with Gasteiger partial charge in [0.25, 0.3) is 0 Å². The Morgan fingerprint density at radius 2 is 1.96 bits per heavy atom. The van der Waals surface area contributed by atoms with Gasteiger partial charge < -0.3 is 4.74 Å². The van der Waals surface area contributed by atoms with Gasteiger partial charge in [-0.15, -0.1) is 0 Å². The van der Waals surface area contributed by atoms with Crippen molar-refractivity contribution in [2.45, 2.75) is 0 Å². The summed E-state index contributed by atoms with van der Waals surface area (Å²) >= 11 is 2.25. The Hall–Kier alpha value is -2.65. The molecule has 2 heterocycles. The number of hydrogen-bond acceptors (Lipinski definition) is 6. The van der Waals surface area contributed by atoms with Gasteiger partial charge in [-0.25, -0.2) is 14.4 Å². The Morgan fingerprint density at radius 3 is 2.64 bits per heavy atom. The molecule has 8 nitrogen and oxygen atoms in total. The Bertz CT molecular complexity index is 1180. The van der Waals surface area contributed by atoms with Crippen molar-refractivity contribution in [3.05, 3.63) is 65.1 Å². The Balaban J connectivity index is 2.01. The number of halogens is 1. The smallest absolute Gasteiger partial charge is 0.311 e. The fraction of sp³-hybridized carbons (Fsp3) is 0.0556. The topological polar surface area (TPSA) is 96.0 Å². The number of ether oxygens (including phenoxy) is 1. The van der Waals surface area contributed by atoms with Crippen LogP contribution in [0.3, 0.4) is 0 Å². The van der Waals surface area contributed by atoms with Crippen LogP contribution in [0.5, 0.6) is 5.75 Å². The summed E-state index contributed by atoms with van der Waals surface area (Å²) in [6.07, 6.45) is 3.76. The zero-order valence-electron chi connectivity index (χ0n) is 14.5. The third-order valence-electron chi connectivity index (χ3n) is 4.24. The fourth-order valence-corrected chi connectivity index (χ4v) is 4.05. The van der Waals surface area contributed by atoms with Crippen molar-refractivity contribution in [1.29, 1.82) is 0 Å².